The molecule has 1 fully saturated rings. The molecule has 1 aromatic rings. The summed E-state index contributed by atoms with van der Waals surface area (Å²) in [5.74, 6) is 0. The fraction of sp³-hybridized carbons (Fsp3) is 0.667. The molecular formula is C18H28N2. The zero-order chi connectivity index (χ0) is 14.3. The summed E-state index contributed by atoms with van der Waals surface area (Å²) in [6.07, 6.45) is 3.96. The van der Waals surface area contributed by atoms with Crippen LogP contribution in [0.1, 0.15) is 50.8 Å². The van der Waals surface area contributed by atoms with Gasteiger partial charge in [0.15, 0.2) is 0 Å². The van der Waals surface area contributed by atoms with Crippen LogP contribution in [0.4, 0.5) is 0 Å². The zero-order valence-corrected chi connectivity index (χ0v) is 13.3. The molecule has 2 heteroatoms. The van der Waals surface area contributed by atoms with E-state index in [1.807, 2.05) is 0 Å². The van der Waals surface area contributed by atoms with Crippen molar-refractivity contribution < 1.29 is 0 Å². The lowest BCUT2D eigenvalue weighted by Gasteiger charge is -2.32. The second kappa shape index (κ2) is 5.16. The number of likely N-dealkylation sites (N-methyl/N-ethyl adjacent to an activating group) is 1. The highest BCUT2D eigenvalue weighted by atomic mass is 15.2. The van der Waals surface area contributed by atoms with E-state index in [2.05, 4.69) is 62.3 Å². The molecule has 0 saturated heterocycles. The molecule has 2 unspecified atom stereocenters. The summed E-state index contributed by atoms with van der Waals surface area (Å²) in [6.45, 7) is 8.20. The van der Waals surface area contributed by atoms with Gasteiger partial charge in [0.1, 0.15) is 0 Å². The van der Waals surface area contributed by atoms with E-state index in [1.165, 1.54) is 30.4 Å². The van der Waals surface area contributed by atoms with Crippen LogP contribution in [-0.4, -0.2) is 30.6 Å². The van der Waals surface area contributed by atoms with Crippen molar-refractivity contribution in [1.82, 2.24) is 10.2 Å². The number of hydrogen-bond donors (Lipinski definition) is 1. The number of nitrogens with zero attached hydrogens (tertiary/aromatic N) is 1. The van der Waals surface area contributed by atoms with Crippen LogP contribution in [0.2, 0.25) is 0 Å². The van der Waals surface area contributed by atoms with Gasteiger partial charge in [-0.2, -0.15) is 0 Å². The van der Waals surface area contributed by atoms with Crippen molar-refractivity contribution >= 4 is 0 Å². The van der Waals surface area contributed by atoms with Crippen LogP contribution in [0.5, 0.6) is 0 Å². The summed E-state index contributed by atoms with van der Waals surface area (Å²) < 4.78 is 0. The summed E-state index contributed by atoms with van der Waals surface area (Å²) in [5.41, 5.74) is 3.36. The molecule has 0 radical (unpaired) electrons. The molecule has 0 bridgehead atoms. The number of benzene rings is 1. The van der Waals surface area contributed by atoms with E-state index in [4.69, 9.17) is 0 Å². The summed E-state index contributed by atoms with van der Waals surface area (Å²) in [6, 6.07) is 10.9. The lowest BCUT2D eigenvalue weighted by atomic mass is 9.85. The van der Waals surface area contributed by atoms with Crippen LogP contribution >= 0.6 is 0 Å². The van der Waals surface area contributed by atoms with Crippen molar-refractivity contribution in [3.63, 3.8) is 0 Å². The molecule has 3 rings (SSSR count). The Labute approximate surface area is 123 Å². The van der Waals surface area contributed by atoms with Crippen LogP contribution in [-0.2, 0) is 6.42 Å². The van der Waals surface area contributed by atoms with Crippen LogP contribution < -0.4 is 5.32 Å². The largest absolute Gasteiger partial charge is 0.308 e. The Balaban J connectivity index is 1.66. The van der Waals surface area contributed by atoms with E-state index >= 15 is 0 Å². The molecule has 0 heterocycles. The molecule has 2 nitrogen and oxygen atoms in total. The molecule has 2 atom stereocenters. The number of nitrogens with one attached hydrogen (secondary N) is 1. The normalized spacial score (nSPS) is 25.8. The van der Waals surface area contributed by atoms with Gasteiger partial charge >= 0.3 is 0 Å². The lowest BCUT2D eigenvalue weighted by Crippen LogP contribution is -2.42. The van der Waals surface area contributed by atoms with E-state index in [0.29, 0.717) is 17.5 Å². The average molecular weight is 272 g/mol. The smallest absolute Gasteiger partial charge is 0.0378 e. The molecular weight excluding hydrogens is 244 g/mol. The molecule has 1 saturated carbocycles. The standard InChI is InChI=1S/C18H28N2/c1-13(20(4)15-9-10-15)12-19-17-16-8-6-5-7-14(16)11-18(17,2)3/h5-8,13,15,17,19H,9-12H2,1-4H3. The zero-order valence-electron chi connectivity index (χ0n) is 13.3. The van der Waals surface area contributed by atoms with Crippen molar-refractivity contribution in [2.75, 3.05) is 13.6 Å². The highest BCUT2D eigenvalue weighted by molar-refractivity contribution is 5.37. The monoisotopic (exact) mass is 272 g/mol. The maximum Gasteiger partial charge on any atom is 0.0378 e. The van der Waals surface area contributed by atoms with Crippen molar-refractivity contribution in [3.8, 4) is 0 Å². The third-order valence-corrected chi connectivity index (χ3v) is 5.23. The third kappa shape index (κ3) is 2.64. The molecule has 1 aromatic carbocycles. The summed E-state index contributed by atoms with van der Waals surface area (Å²) in [5, 5.41) is 3.85. The van der Waals surface area contributed by atoms with Crippen molar-refractivity contribution in [1.29, 1.82) is 0 Å². The van der Waals surface area contributed by atoms with Gasteiger partial charge in [-0.3, -0.25) is 4.90 Å². The topological polar surface area (TPSA) is 15.3 Å². The van der Waals surface area contributed by atoms with Crippen LogP contribution in [0.25, 0.3) is 0 Å². The van der Waals surface area contributed by atoms with E-state index < -0.39 is 0 Å². The third-order valence-electron chi connectivity index (χ3n) is 5.23. The quantitative estimate of drug-likeness (QED) is 0.884. The Kier molecular flexibility index (Phi) is 3.64. The maximum absolute atomic E-state index is 3.85. The second-order valence-electron chi connectivity index (χ2n) is 7.45. The first-order chi connectivity index (χ1) is 9.49. The average Bonchev–Trinajstić information content (AvgIpc) is 3.20. The molecule has 2 aliphatic carbocycles. The fourth-order valence-corrected chi connectivity index (χ4v) is 3.65. The molecule has 20 heavy (non-hydrogen) atoms. The summed E-state index contributed by atoms with van der Waals surface area (Å²) in [7, 11) is 2.28. The minimum absolute atomic E-state index is 0.321. The van der Waals surface area contributed by atoms with Gasteiger partial charge in [-0.1, -0.05) is 38.1 Å². The van der Waals surface area contributed by atoms with Gasteiger partial charge in [0, 0.05) is 24.7 Å². The predicted molar refractivity (Wildman–Crippen MR) is 84.9 cm³/mol. The van der Waals surface area contributed by atoms with Crippen LogP contribution in [0.15, 0.2) is 24.3 Å². The molecule has 0 amide bonds. The van der Waals surface area contributed by atoms with Crippen molar-refractivity contribution in [3.05, 3.63) is 35.4 Å². The molecule has 0 aromatic heterocycles. The van der Waals surface area contributed by atoms with Gasteiger partial charge in [0.05, 0.1) is 0 Å². The van der Waals surface area contributed by atoms with E-state index in [9.17, 15) is 0 Å². The van der Waals surface area contributed by atoms with E-state index in [-0.39, 0.29) is 0 Å². The van der Waals surface area contributed by atoms with Crippen molar-refractivity contribution in [2.45, 2.75) is 58.2 Å². The van der Waals surface area contributed by atoms with Gasteiger partial charge in [-0.05, 0) is 49.8 Å². The number of hydrogen-bond acceptors (Lipinski definition) is 2. The minimum atomic E-state index is 0.321. The first-order valence-corrected chi connectivity index (χ1v) is 8.02. The highest BCUT2D eigenvalue weighted by Gasteiger charge is 2.38. The lowest BCUT2D eigenvalue weighted by molar-refractivity contribution is 0.208. The number of rotatable bonds is 5. The van der Waals surface area contributed by atoms with E-state index in [1.54, 1.807) is 0 Å². The van der Waals surface area contributed by atoms with Gasteiger partial charge in [-0.25, -0.2) is 0 Å². The minimum Gasteiger partial charge on any atom is -0.308 e. The van der Waals surface area contributed by atoms with E-state index in [0.717, 1.165) is 12.6 Å². The molecule has 110 valence electrons. The first-order valence-electron chi connectivity index (χ1n) is 8.02. The van der Waals surface area contributed by atoms with Crippen LogP contribution in [0, 0.1) is 5.41 Å². The maximum atomic E-state index is 3.85. The molecule has 0 aliphatic heterocycles. The first kappa shape index (κ1) is 14.1. The SMILES string of the molecule is CC(CNC1c2ccccc2CC1(C)C)N(C)C1CC1. The Morgan fingerprint density at radius 3 is 2.70 bits per heavy atom. The molecule has 2 aliphatic rings. The Bertz CT molecular complexity index is 476. The summed E-state index contributed by atoms with van der Waals surface area (Å²) >= 11 is 0. The summed E-state index contributed by atoms with van der Waals surface area (Å²) in [4.78, 5) is 2.54. The highest BCUT2D eigenvalue weighted by Crippen LogP contribution is 2.44. The predicted octanol–water partition coefficient (Wildman–Crippen LogP) is 3.38. The molecule has 1 N–H and O–H groups in total. The number of fused-ring (bicyclic) bond motifs is 1. The Morgan fingerprint density at radius 1 is 1.30 bits per heavy atom. The second-order valence-corrected chi connectivity index (χ2v) is 7.45. The van der Waals surface area contributed by atoms with Crippen molar-refractivity contribution in [2.24, 2.45) is 5.41 Å². The Hall–Kier alpha value is -0.860. The van der Waals surface area contributed by atoms with Crippen LogP contribution in [0.3, 0.4) is 0 Å². The molecule has 0 spiro atoms. The van der Waals surface area contributed by atoms with Gasteiger partial charge < -0.3 is 5.32 Å². The van der Waals surface area contributed by atoms with Gasteiger partial charge in [0.2, 0.25) is 0 Å². The Morgan fingerprint density at radius 2 is 2.00 bits per heavy atom. The van der Waals surface area contributed by atoms with Gasteiger partial charge in [0.25, 0.3) is 0 Å². The van der Waals surface area contributed by atoms with Gasteiger partial charge in [-0.15, -0.1) is 0 Å². The fourth-order valence-electron chi connectivity index (χ4n) is 3.65.